The molecule has 1 N–H and O–H groups in total. The van der Waals surface area contributed by atoms with E-state index >= 15 is 0 Å². The molecule has 30 heavy (non-hydrogen) atoms. The van der Waals surface area contributed by atoms with Crippen molar-refractivity contribution >= 4 is 34.7 Å². The van der Waals surface area contributed by atoms with E-state index in [0.29, 0.717) is 5.75 Å². The summed E-state index contributed by atoms with van der Waals surface area (Å²) in [5.41, 5.74) is 8.74. The summed E-state index contributed by atoms with van der Waals surface area (Å²) < 4.78 is 0. The molecule has 0 aliphatic heterocycles. The van der Waals surface area contributed by atoms with E-state index in [1.807, 2.05) is 24.3 Å². The number of hydrogen-bond donors (Lipinski definition) is 1. The van der Waals surface area contributed by atoms with Crippen LogP contribution in [0.3, 0.4) is 0 Å². The van der Waals surface area contributed by atoms with E-state index in [2.05, 4.69) is 77.3 Å². The monoisotopic (exact) mass is 408 g/mol. The van der Waals surface area contributed by atoms with Crippen LogP contribution in [0.1, 0.15) is 21.9 Å². The molecule has 1 aliphatic carbocycles. The van der Waals surface area contributed by atoms with Crippen molar-refractivity contribution in [2.75, 3.05) is 5.75 Å². The largest absolute Gasteiger partial charge is 0.272 e. The number of nitrogens with zero attached hydrogens (tertiary/aromatic N) is 1. The standard InChI is InChI=1S/C26H20N2OS/c29-25(28-27-16-19-10-7-9-18-8-1-2-11-20(18)19)17-30-26-23-14-5-3-12-21(23)22-13-4-6-15-24(22)26/h1-16,26H,17H2,(H,28,29)/b27-16-. The molecule has 4 aromatic rings. The molecule has 4 heteroatoms. The van der Waals surface area contributed by atoms with Crippen LogP contribution >= 0.6 is 11.8 Å². The van der Waals surface area contributed by atoms with Gasteiger partial charge in [0.2, 0.25) is 5.91 Å². The van der Waals surface area contributed by atoms with Crippen LogP contribution in [0.15, 0.2) is 96.1 Å². The summed E-state index contributed by atoms with van der Waals surface area (Å²) in [5.74, 6) is 0.249. The lowest BCUT2D eigenvalue weighted by Crippen LogP contribution is -2.20. The van der Waals surface area contributed by atoms with Crippen LogP contribution in [-0.4, -0.2) is 17.9 Å². The van der Waals surface area contributed by atoms with Crippen molar-refractivity contribution in [1.29, 1.82) is 0 Å². The van der Waals surface area contributed by atoms with Gasteiger partial charge in [0.05, 0.1) is 17.2 Å². The van der Waals surface area contributed by atoms with Crippen LogP contribution in [0.25, 0.3) is 21.9 Å². The quantitative estimate of drug-likeness (QED) is 0.335. The number of rotatable bonds is 5. The minimum Gasteiger partial charge on any atom is -0.272 e. The Balaban J connectivity index is 1.26. The van der Waals surface area contributed by atoms with Crippen LogP contribution < -0.4 is 5.43 Å². The first-order valence-corrected chi connectivity index (χ1v) is 11.0. The van der Waals surface area contributed by atoms with E-state index in [0.717, 1.165) is 16.3 Å². The zero-order valence-corrected chi connectivity index (χ0v) is 17.1. The Kier molecular flexibility index (Phi) is 5.08. The van der Waals surface area contributed by atoms with Crippen molar-refractivity contribution in [2.24, 2.45) is 5.10 Å². The third-order valence-corrected chi connectivity index (χ3v) is 6.64. The molecule has 0 heterocycles. The van der Waals surface area contributed by atoms with Crippen molar-refractivity contribution in [3.05, 3.63) is 108 Å². The van der Waals surface area contributed by atoms with Gasteiger partial charge in [0.1, 0.15) is 0 Å². The van der Waals surface area contributed by atoms with Crippen LogP contribution in [0, 0.1) is 0 Å². The summed E-state index contributed by atoms with van der Waals surface area (Å²) in [6.07, 6.45) is 1.71. The number of fused-ring (bicyclic) bond motifs is 4. The number of hydrogen-bond acceptors (Lipinski definition) is 3. The molecule has 3 nitrogen and oxygen atoms in total. The molecule has 0 fully saturated rings. The third kappa shape index (κ3) is 3.51. The summed E-state index contributed by atoms with van der Waals surface area (Å²) >= 11 is 1.64. The summed E-state index contributed by atoms with van der Waals surface area (Å²) in [6.45, 7) is 0. The van der Waals surface area contributed by atoms with Gasteiger partial charge >= 0.3 is 0 Å². The zero-order chi connectivity index (χ0) is 20.3. The van der Waals surface area contributed by atoms with Crippen molar-refractivity contribution < 1.29 is 4.79 Å². The van der Waals surface area contributed by atoms with Crippen molar-refractivity contribution in [3.63, 3.8) is 0 Å². The number of benzene rings is 4. The highest BCUT2D eigenvalue weighted by Gasteiger charge is 2.28. The molecule has 146 valence electrons. The number of hydrazone groups is 1. The minimum absolute atomic E-state index is 0.0988. The summed E-state index contributed by atoms with van der Waals surface area (Å²) in [4.78, 5) is 12.4. The molecule has 0 radical (unpaired) electrons. The maximum absolute atomic E-state index is 12.4. The molecule has 0 atom stereocenters. The maximum atomic E-state index is 12.4. The Hall–Kier alpha value is -3.37. The fraction of sp³-hybridized carbons (Fsp3) is 0.0769. The Morgan fingerprint density at radius 2 is 1.47 bits per heavy atom. The van der Waals surface area contributed by atoms with Gasteiger partial charge in [-0.3, -0.25) is 4.79 Å². The summed E-state index contributed by atoms with van der Waals surface area (Å²) in [5, 5.41) is 6.63. The van der Waals surface area contributed by atoms with Gasteiger partial charge in [0, 0.05) is 5.56 Å². The normalized spacial score (nSPS) is 12.8. The molecule has 0 spiro atoms. The van der Waals surface area contributed by atoms with Gasteiger partial charge < -0.3 is 0 Å². The number of thioether (sulfide) groups is 1. The number of carbonyl (C=O) groups excluding carboxylic acids is 1. The number of carbonyl (C=O) groups is 1. The van der Waals surface area contributed by atoms with Crippen LogP contribution in [0.5, 0.6) is 0 Å². The van der Waals surface area contributed by atoms with Gasteiger partial charge in [0.15, 0.2) is 0 Å². The van der Waals surface area contributed by atoms with E-state index in [1.54, 1.807) is 18.0 Å². The number of amides is 1. The maximum Gasteiger partial charge on any atom is 0.250 e. The van der Waals surface area contributed by atoms with Crippen LogP contribution in [-0.2, 0) is 4.79 Å². The highest BCUT2D eigenvalue weighted by Crippen LogP contribution is 2.49. The van der Waals surface area contributed by atoms with E-state index in [9.17, 15) is 4.79 Å². The summed E-state index contributed by atoms with van der Waals surface area (Å²) in [6, 6.07) is 31.1. The van der Waals surface area contributed by atoms with Crippen LogP contribution in [0.2, 0.25) is 0 Å². The molecular weight excluding hydrogens is 388 g/mol. The van der Waals surface area contributed by atoms with Gasteiger partial charge in [0.25, 0.3) is 0 Å². The molecule has 1 aliphatic rings. The Morgan fingerprint density at radius 3 is 2.23 bits per heavy atom. The molecule has 0 unspecified atom stereocenters. The molecule has 0 bridgehead atoms. The van der Waals surface area contributed by atoms with E-state index in [4.69, 9.17) is 0 Å². The zero-order valence-electron chi connectivity index (χ0n) is 16.3. The number of nitrogens with one attached hydrogen (secondary N) is 1. The van der Waals surface area contributed by atoms with E-state index in [1.165, 1.54) is 22.3 Å². The van der Waals surface area contributed by atoms with Gasteiger partial charge in [-0.1, -0.05) is 91.0 Å². The first kappa shape index (κ1) is 18.6. The molecule has 0 saturated carbocycles. The Labute approximate surface area is 179 Å². The smallest absolute Gasteiger partial charge is 0.250 e. The SMILES string of the molecule is O=C(CSC1c2ccccc2-c2ccccc21)N/N=C\c1cccc2ccccc12. The first-order chi connectivity index (χ1) is 14.8. The van der Waals surface area contributed by atoms with Gasteiger partial charge in [-0.25, -0.2) is 5.43 Å². The lowest BCUT2D eigenvalue weighted by atomic mass is 10.1. The highest BCUT2D eigenvalue weighted by molar-refractivity contribution is 8.00. The first-order valence-electron chi connectivity index (χ1n) is 9.91. The second-order valence-electron chi connectivity index (χ2n) is 7.23. The minimum atomic E-state index is -0.0988. The molecule has 0 saturated heterocycles. The Morgan fingerprint density at radius 1 is 0.833 bits per heavy atom. The lowest BCUT2D eigenvalue weighted by molar-refractivity contribution is -0.118. The second kappa shape index (κ2) is 8.17. The van der Waals surface area contributed by atoms with Gasteiger partial charge in [-0.15, -0.1) is 11.8 Å². The van der Waals surface area contributed by atoms with Gasteiger partial charge in [-0.05, 0) is 33.0 Å². The van der Waals surface area contributed by atoms with Crippen LogP contribution in [0.4, 0.5) is 0 Å². The topological polar surface area (TPSA) is 41.5 Å². The van der Waals surface area contributed by atoms with Crippen molar-refractivity contribution in [3.8, 4) is 11.1 Å². The van der Waals surface area contributed by atoms with Crippen molar-refractivity contribution in [1.82, 2.24) is 5.43 Å². The Bertz CT molecular complexity index is 1210. The third-order valence-electron chi connectivity index (χ3n) is 5.37. The fourth-order valence-corrected chi connectivity index (χ4v) is 5.17. The lowest BCUT2D eigenvalue weighted by Gasteiger charge is -2.12. The predicted octanol–water partition coefficient (Wildman–Crippen LogP) is 5.79. The van der Waals surface area contributed by atoms with Crippen molar-refractivity contribution in [2.45, 2.75) is 5.25 Å². The molecule has 4 aromatic carbocycles. The molecule has 5 rings (SSSR count). The van der Waals surface area contributed by atoms with Gasteiger partial charge in [-0.2, -0.15) is 5.10 Å². The second-order valence-corrected chi connectivity index (χ2v) is 8.32. The van der Waals surface area contributed by atoms with E-state index < -0.39 is 0 Å². The van der Waals surface area contributed by atoms with E-state index in [-0.39, 0.29) is 11.2 Å². The summed E-state index contributed by atoms with van der Waals surface area (Å²) in [7, 11) is 0. The predicted molar refractivity (Wildman–Crippen MR) is 126 cm³/mol. The highest BCUT2D eigenvalue weighted by atomic mass is 32.2. The molecular formula is C26H20N2OS. The average molecular weight is 409 g/mol. The molecule has 0 aromatic heterocycles. The average Bonchev–Trinajstić information content (AvgIpc) is 3.12. The molecule has 1 amide bonds. The fourth-order valence-electron chi connectivity index (χ4n) is 4.02.